The van der Waals surface area contributed by atoms with Gasteiger partial charge in [-0.25, -0.2) is 0 Å². The van der Waals surface area contributed by atoms with Crippen molar-refractivity contribution in [3.8, 4) is 0 Å². The maximum Gasteiger partial charge on any atom is 0.248 e. The molecule has 1 aromatic heterocycles. The molecule has 5 nitrogen and oxygen atoms in total. The quantitative estimate of drug-likeness (QED) is 0.509. The number of para-hydroxylation sites is 1. The van der Waals surface area contributed by atoms with Crippen LogP contribution in [0.4, 0.5) is 11.4 Å². The molecule has 0 unspecified atom stereocenters. The molecule has 0 saturated heterocycles. The lowest BCUT2D eigenvalue weighted by atomic mass is 10.2. The number of anilines is 2. The van der Waals surface area contributed by atoms with Gasteiger partial charge in [-0.15, -0.1) is 0 Å². The van der Waals surface area contributed by atoms with E-state index in [4.69, 9.17) is 5.73 Å². The van der Waals surface area contributed by atoms with Gasteiger partial charge in [0.15, 0.2) is 0 Å². The van der Waals surface area contributed by atoms with E-state index in [-0.39, 0.29) is 5.91 Å². The molecule has 0 saturated carbocycles. The van der Waals surface area contributed by atoms with E-state index in [1.807, 2.05) is 30.3 Å². The van der Waals surface area contributed by atoms with Crippen molar-refractivity contribution in [2.75, 3.05) is 11.1 Å². The molecule has 0 atom stereocenters. The van der Waals surface area contributed by atoms with E-state index in [9.17, 15) is 4.79 Å². The number of aromatic amines is 1. The smallest absolute Gasteiger partial charge is 0.248 e. The van der Waals surface area contributed by atoms with Gasteiger partial charge in [-0.1, -0.05) is 24.3 Å². The van der Waals surface area contributed by atoms with Crippen LogP contribution in [0, 0.1) is 0 Å². The van der Waals surface area contributed by atoms with Gasteiger partial charge in [0, 0.05) is 17.1 Å². The van der Waals surface area contributed by atoms with E-state index in [0.717, 1.165) is 16.5 Å². The summed E-state index contributed by atoms with van der Waals surface area (Å²) >= 11 is 0. The maximum absolute atomic E-state index is 12.0. The number of nitrogens with two attached hydrogens (primary N) is 1. The van der Waals surface area contributed by atoms with Gasteiger partial charge >= 0.3 is 0 Å². The number of carbonyl (C=O) groups is 1. The third kappa shape index (κ3) is 2.92. The minimum absolute atomic E-state index is 0.200. The normalized spacial score (nSPS) is 11.0. The van der Waals surface area contributed by atoms with E-state index in [2.05, 4.69) is 15.5 Å². The van der Waals surface area contributed by atoms with Crippen LogP contribution in [0.5, 0.6) is 0 Å². The topological polar surface area (TPSA) is 83.8 Å². The first-order valence-corrected chi connectivity index (χ1v) is 6.49. The van der Waals surface area contributed by atoms with Crippen LogP contribution in [-0.4, -0.2) is 16.1 Å². The Balaban J connectivity index is 1.74. The summed E-state index contributed by atoms with van der Waals surface area (Å²) in [5.74, 6) is -0.200. The Bertz CT molecular complexity index is 803. The highest BCUT2D eigenvalue weighted by Crippen LogP contribution is 2.20. The first kappa shape index (κ1) is 12.9. The van der Waals surface area contributed by atoms with Gasteiger partial charge in [0.1, 0.15) is 0 Å². The lowest BCUT2D eigenvalue weighted by Crippen LogP contribution is -2.08. The minimum atomic E-state index is -0.200. The van der Waals surface area contributed by atoms with Crippen LogP contribution in [0.1, 0.15) is 5.56 Å². The molecule has 0 fully saturated rings. The van der Waals surface area contributed by atoms with Gasteiger partial charge in [0.05, 0.1) is 17.4 Å². The molecule has 2 aromatic carbocycles. The molecule has 0 spiro atoms. The maximum atomic E-state index is 12.0. The van der Waals surface area contributed by atoms with E-state index < -0.39 is 0 Å². The summed E-state index contributed by atoms with van der Waals surface area (Å²) in [6, 6.07) is 12.9. The van der Waals surface area contributed by atoms with Crippen molar-refractivity contribution in [3.05, 3.63) is 60.3 Å². The highest BCUT2D eigenvalue weighted by atomic mass is 16.1. The minimum Gasteiger partial charge on any atom is -0.399 e. The van der Waals surface area contributed by atoms with E-state index >= 15 is 0 Å². The lowest BCUT2D eigenvalue weighted by molar-refractivity contribution is -0.111. The zero-order valence-corrected chi connectivity index (χ0v) is 11.2. The van der Waals surface area contributed by atoms with E-state index in [1.165, 1.54) is 6.08 Å². The van der Waals surface area contributed by atoms with Crippen molar-refractivity contribution in [1.82, 2.24) is 10.2 Å². The molecule has 3 aromatic rings. The van der Waals surface area contributed by atoms with Gasteiger partial charge in [0.25, 0.3) is 0 Å². The Hall–Kier alpha value is -3.08. The number of hydrogen-bond acceptors (Lipinski definition) is 3. The second-order valence-corrected chi connectivity index (χ2v) is 4.63. The summed E-state index contributed by atoms with van der Waals surface area (Å²) in [5, 5.41) is 10.6. The Morgan fingerprint density at radius 2 is 2.00 bits per heavy atom. The van der Waals surface area contributed by atoms with Crippen LogP contribution in [0.25, 0.3) is 17.0 Å². The number of amides is 1. The zero-order valence-electron chi connectivity index (χ0n) is 11.2. The molecule has 4 N–H and O–H groups in total. The summed E-state index contributed by atoms with van der Waals surface area (Å²) in [6.07, 6.45) is 4.94. The van der Waals surface area contributed by atoms with E-state index in [0.29, 0.717) is 11.4 Å². The first-order chi connectivity index (χ1) is 10.2. The van der Waals surface area contributed by atoms with Gasteiger partial charge < -0.3 is 11.1 Å². The largest absolute Gasteiger partial charge is 0.399 e. The molecule has 5 heteroatoms. The van der Waals surface area contributed by atoms with Gasteiger partial charge in [-0.05, 0) is 29.8 Å². The number of hydrogen-bond donors (Lipinski definition) is 3. The SMILES string of the molecule is Nc1ccc(/C=C/C(=O)Nc2cccc3cn[nH]c23)cc1. The highest BCUT2D eigenvalue weighted by Gasteiger charge is 2.04. The third-order valence-electron chi connectivity index (χ3n) is 3.10. The fourth-order valence-corrected chi connectivity index (χ4v) is 2.03. The van der Waals surface area contributed by atoms with Crippen molar-refractivity contribution < 1.29 is 4.79 Å². The summed E-state index contributed by atoms with van der Waals surface area (Å²) in [6.45, 7) is 0. The van der Waals surface area contributed by atoms with Crippen LogP contribution >= 0.6 is 0 Å². The molecule has 21 heavy (non-hydrogen) atoms. The standard InChI is InChI=1S/C16H14N4O/c17-13-7-4-11(5-8-13)6-9-15(21)19-14-3-1-2-12-10-18-20-16(12)14/h1-10H,17H2,(H,18,20)(H,19,21)/b9-6+. The number of nitrogens with zero attached hydrogens (tertiary/aromatic N) is 1. The van der Waals surface area contributed by atoms with Gasteiger partial charge in [0.2, 0.25) is 5.91 Å². The predicted molar refractivity (Wildman–Crippen MR) is 84.6 cm³/mol. The summed E-state index contributed by atoms with van der Waals surface area (Å²) in [7, 11) is 0. The summed E-state index contributed by atoms with van der Waals surface area (Å²) < 4.78 is 0. The van der Waals surface area contributed by atoms with Crippen LogP contribution in [-0.2, 0) is 4.79 Å². The monoisotopic (exact) mass is 278 g/mol. The van der Waals surface area contributed by atoms with Gasteiger partial charge in [-0.3, -0.25) is 9.89 Å². The second kappa shape index (κ2) is 5.50. The number of carbonyl (C=O) groups excluding carboxylic acids is 1. The van der Waals surface area contributed by atoms with Crippen molar-refractivity contribution in [2.24, 2.45) is 0 Å². The number of benzene rings is 2. The second-order valence-electron chi connectivity index (χ2n) is 4.63. The molecule has 0 aliphatic carbocycles. The van der Waals surface area contributed by atoms with Crippen LogP contribution in [0.15, 0.2) is 54.7 Å². The van der Waals surface area contributed by atoms with Crippen LogP contribution in [0.2, 0.25) is 0 Å². The Morgan fingerprint density at radius 1 is 1.19 bits per heavy atom. The lowest BCUT2D eigenvalue weighted by Gasteiger charge is -2.03. The number of nitrogen functional groups attached to an aromatic ring is 1. The Morgan fingerprint density at radius 3 is 2.81 bits per heavy atom. The van der Waals surface area contributed by atoms with Crippen molar-refractivity contribution in [2.45, 2.75) is 0 Å². The molecular weight excluding hydrogens is 264 g/mol. The van der Waals surface area contributed by atoms with E-state index in [1.54, 1.807) is 24.4 Å². The summed E-state index contributed by atoms with van der Waals surface area (Å²) in [4.78, 5) is 12.0. The molecule has 0 bridgehead atoms. The van der Waals surface area contributed by atoms with Crippen molar-refractivity contribution in [1.29, 1.82) is 0 Å². The summed E-state index contributed by atoms with van der Waals surface area (Å²) in [5.41, 5.74) is 8.74. The third-order valence-corrected chi connectivity index (χ3v) is 3.10. The molecule has 1 heterocycles. The fourth-order valence-electron chi connectivity index (χ4n) is 2.03. The van der Waals surface area contributed by atoms with Crippen molar-refractivity contribution in [3.63, 3.8) is 0 Å². The van der Waals surface area contributed by atoms with Crippen molar-refractivity contribution >= 4 is 34.3 Å². The molecule has 3 rings (SSSR count). The number of rotatable bonds is 3. The average molecular weight is 278 g/mol. The molecule has 0 aliphatic heterocycles. The van der Waals surface area contributed by atoms with Gasteiger partial charge in [-0.2, -0.15) is 5.10 Å². The van der Waals surface area contributed by atoms with Crippen LogP contribution < -0.4 is 11.1 Å². The van der Waals surface area contributed by atoms with Crippen LogP contribution in [0.3, 0.4) is 0 Å². The molecule has 0 radical (unpaired) electrons. The molecule has 0 aliphatic rings. The first-order valence-electron chi connectivity index (χ1n) is 6.49. The number of nitrogens with one attached hydrogen (secondary N) is 2. The average Bonchev–Trinajstić information content (AvgIpc) is 2.96. The fraction of sp³-hybridized carbons (Fsp3) is 0. The number of aromatic nitrogens is 2. The molecule has 1 amide bonds. The number of fused-ring (bicyclic) bond motifs is 1. The molecule has 104 valence electrons. The zero-order chi connectivity index (χ0) is 14.7. The Labute approximate surface area is 121 Å². The molecular formula is C16H14N4O. The number of H-pyrrole nitrogens is 1. The Kier molecular flexibility index (Phi) is 3.39. The predicted octanol–water partition coefficient (Wildman–Crippen LogP) is 2.80. The highest BCUT2D eigenvalue weighted by molar-refractivity contribution is 6.06.